The van der Waals surface area contributed by atoms with Gasteiger partial charge in [0, 0.05) is 33.2 Å². The lowest BCUT2D eigenvalue weighted by atomic mass is 9.92. The highest BCUT2D eigenvalue weighted by atomic mass is 16.3. The number of anilines is 3. The van der Waals surface area contributed by atoms with Crippen molar-refractivity contribution in [1.82, 2.24) is 0 Å². The predicted molar refractivity (Wildman–Crippen MR) is 177 cm³/mol. The van der Waals surface area contributed by atoms with Gasteiger partial charge in [-0.1, -0.05) is 115 Å². The minimum Gasteiger partial charge on any atom is -0.456 e. The van der Waals surface area contributed by atoms with Gasteiger partial charge in [-0.15, -0.1) is 0 Å². The Balaban J connectivity index is 1.33. The van der Waals surface area contributed by atoms with Gasteiger partial charge in [-0.3, -0.25) is 0 Å². The first-order chi connectivity index (χ1) is 20.8. The minimum absolute atomic E-state index is 0.907. The molecule has 1 heterocycles. The van der Waals surface area contributed by atoms with Crippen molar-refractivity contribution in [2.75, 3.05) is 4.90 Å². The van der Waals surface area contributed by atoms with Crippen molar-refractivity contribution < 1.29 is 4.42 Å². The smallest absolute Gasteiger partial charge is 0.136 e. The molecule has 2 nitrogen and oxygen atoms in total. The van der Waals surface area contributed by atoms with Crippen molar-refractivity contribution in [3.63, 3.8) is 0 Å². The number of rotatable bonds is 5. The molecule has 8 rings (SSSR count). The van der Waals surface area contributed by atoms with Crippen molar-refractivity contribution in [3.05, 3.63) is 164 Å². The van der Waals surface area contributed by atoms with Crippen LogP contribution in [0.2, 0.25) is 0 Å². The van der Waals surface area contributed by atoms with Gasteiger partial charge < -0.3 is 9.32 Å². The van der Waals surface area contributed by atoms with Crippen LogP contribution in [0.3, 0.4) is 0 Å². The molecule has 0 bridgehead atoms. The summed E-state index contributed by atoms with van der Waals surface area (Å²) in [6.45, 7) is 0. The van der Waals surface area contributed by atoms with Crippen LogP contribution in [0.1, 0.15) is 0 Å². The predicted octanol–water partition coefficient (Wildman–Crippen LogP) is 11.5. The van der Waals surface area contributed by atoms with Gasteiger partial charge in [-0.25, -0.2) is 0 Å². The van der Waals surface area contributed by atoms with Crippen molar-refractivity contribution in [2.45, 2.75) is 0 Å². The lowest BCUT2D eigenvalue weighted by Crippen LogP contribution is -2.09. The molecule has 2 heteroatoms. The lowest BCUT2D eigenvalue weighted by molar-refractivity contribution is 0.669. The highest BCUT2D eigenvalue weighted by Crippen LogP contribution is 2.44. The van der Waals surface area contributed by atoms with Crippen LogP contribution in [0, 0.1) is 0 Å². The van der Waals surface area contributed by atoms with E-state index in [0.29, 0.717) is 0 Å². The molecule has 0 saturated heterocycles. The number of hydrogen-bond acceptors (Lipinski definition) is 2. The molecule has 7 aromatic carbocycles. The number of furan rings is 1. The molecule has 198 valence electrons. The van der Waals surface area contributed by atoms with E-state index in [4.69, 9.17) is 4.42 Å². The van der Waals surface area contributed by atoms with Crippen LogP contribution < -0.4 is 4.90 Å². The van der Waals surface area contributed by atoms with E-state index in [-0.39, 0.29) is 0 Å². The zero-order chi connectivity index (χ0) is 27.9. The first-order valence-electron chi connectivity index (χ1n) is 14.3. The SMILES string of the molecule is c1ccc(-c2cccc3oc4ccc5cccc(-c6ccc(N(c7ccccc7)c7ccccc7)cc6)c5c4c23)cc1. The largest absolute Gasteiger partial charge is 0.456 e. The van der Waals surface area contributed by atoms with Crippen LogP contribution in [0.25, 0.3) is 55.0 Å². The zero-order valence-corrected chi connectivity index (χ0v) is 22.9. The monoisotopic (exact) mass is 537 g/mol. The maximum Gasteiger partial charge on any atom is 0.136 e. The second-order valence-electron chi connectivity index (χ2n) is 10.5. The van der Waals surface area contributed by atoms with Gasteiger partial charge in [0.15, 0.2) is 0 Å². The fourth-order valence-electron chi connectivity index (χ4n) is 6.18. The summed E-state index contributed by atoms with van der Waals surface area (Å²) in [6, 6.07) is 57.8. The summed E-state index contributed by atoms with van der Waals surface area (Å²) in [5.74, 6) is 0. The highest BCUT2D eigenvalue weighted by Gasteiger charge is 2.18. The van der Waals surface area contributed by atoms with Gasteiger partial charge in [0.05, 0.1) is 0 Å². The van der Waals surface area contributed by atoms with E-state index in [1.165, 1.54) is 33.0 Å². The molecule has 0 aliphatic rings. The third kappa shape index (κ3) is 4.05. The Morgan fingerprint density at radius 1 is 0.333 bits per heavy atom. The zero-order valence-electron chi connectivity index (χ0n) is 22.9. The van der Waals surface area contributed by atoms with E-state index in [1.54, 1.807) is 0 Å². The topological polar surface area (TPSA) is 16.4 Å². The molecule has 0 atom stereocenters. The molecule has 0 radical (unpaired) electrons. The number of benzene rings is 7. The molecule has 0 fully saturated rings. The van der Waals surface area contributed by atoms with Crippen molar-refractivity contribution in [3.8, 4) is 22.3 Å². The van der Waals surface area contributed by atoms with Crippen molar-refractivity contribution >= 4 is 49.8 Å². The molecule has 0 amide bonds. The van der Waals surface area contributed by atoms with E-state index in [2.05, 4.69) is 169 Å². The van der Waals surface area contributed by atoms with Crippen LogP contribution in [-0.2, 0) is 0 Å². The molecular weight excluding hydrogens is 510 g/mol. The number of fused-ring (bicyclic) bond motifs is 5. The van der Waals surface area contributed by atoms with Crippen LogP contribution >= 0.6 is 0 Å². The fourth-order valence-corrected chi connectivity index (χ4v) is 6.18. The first kappa shape index (κ1) is 24.2. The maximum atomic E-state index is 6.46. The Labute approximate surface area is 244 Å². The number of para-hydroxylation sites is 2. The van der Waals surface area contributed by atoms with Gasteiger partial charge in [0.1, 0.15) is 11.2 Å². The van der Waals surface area contributed by atoms with Crippen LogP contribution in [-0.4, -0.2) is 0 Å². The summed E-state index contributed by atoms with van der Waals surface area (Å²) in [5, 5.41) is 4.74. The van der Waals surface area contributed by atoms with Crippen LogP contribution in [0.4, 0.5) is 17.1 Å². The van der Waals surface area contributed by atoms with Gasteiger partial charge in [-0.2, -0.15) is 0 Å². The van der Waals surface area contributed by atoms with Gasteiger partial charge in [-0.05, 0) is 76.2 Å². The van der Waals surface area contributed by atoms with E-state index < -0.39 is 0 Å². The third-order valence-corrected chi connectivity index (χ3v) is 8.05. The second-order valence-corrected chi connectivity index (χ2v) is 10.5. The minimum atomic E-state index is 0.907. The molecule has 8 aromatic rings. The summed E-state index contributed by atoms with van der Waals surface area (Å²) in [6.07, 6.45) is 0. The quantitative estimate of drug-likeness (QED) is 0.217. The second kappa shape index (κ2) is 10.1. The third-order valence-electron chi connectivity index (χ3n) is 8.05. The van der Waals surface area contributed by atoms with Crippen LogP contribution in [0.15, 0.2) is 168 Å². The maximum absolute atomic E-state index is 6.46. The Hall–Kier alpha value is -5.60. The van der Waals surface area contributed by atoms with Gasteiger partial charge in [0.2, 0.25) is 0 Å². The van der Waals surface area contributed by atoms with E-state index in [1.807, 2.05) is 0 Å². The summed E-state index contributed by atoms with van der Waals surface area (Å²) in [7, 11) is 0. The van der Waals surface area contributed by atoms with Crippen molar-refractivity contribution in [1.29, 1.82) is 0 Å². The molecule has 42 heavy (non-hydrogen) atoms. The molecule has 0 aliphatic heterocycles. The summed E-state index contributed by atoms with van der Waals surface area (Å²) < 4.78 is 6.46. The highest BCUT2D eigenvalue weighted by molar-refractivity contribution is 6.25. The molecule has 0 aliphatic carbocycles. The van der Waals surface area contributed by atoms with Gasteiger partial charge >= 0.3 is 0 Å². The number of nitrogens with zero attached hydrogens (tertiary/aromatic N) is 1. The molecule has 0 unspecified atom stereocenters. The average molecular weight is 538 g/mol. The summed E-state index contributed by atoms with van der Waals surface area (Å²) in [5.41, 5.74) is 9.92. The Morgan fingerprint density at radius 2 is 0.857 bits per heavy atom. The standard InChI is InChI=1S/C40H27NO/c1-4-12-28(13-5-1)35-20-11-21-36-39(35)40-37(42-36)27-24-30-14-10-19-34(38(30)40)29-22-25-33(26-23-29)41(31-15-6-2-7-16-31)32-17-8-3-9-18-32/h1-27H. The fraction of sp³-hybridized carbons (Fsp3) is 0. The number of hydrogen-bond donors (Lipinski definition) is 0. The lowest BCUT2D eigenvalue weighted by Gasteiger charge is -2.25. The molecule has 0 spiro atoms. The van der Waals surface area contributed by atoms with Crippen molar-refractivity contribution in [2.24, 2.45) is 0 Å². The van der Waals surface area contributed by atoms with Gasteiger partial charge in [0.25, 0.3) is 0 Å². The van der Waals surface area contributed by atoms with E-state index in [0.717, 1.165) is 39.0 Å². The Bertz CT molecular complexity index is 2120. The average Bonchev–Trinajstić information content (AvgIpc) is 3.46. The Morgan fingerprint density at radius 3 is 1.52 bits per heavy atom. The Kier molecular flexibility index (Phi) is 5.82. The molecule has 0 N–H and O–H groups in total. The summed E-state index contributed by atoms with van der Waals surface area (Å²) >= 11 is 0. The van der Waals surface area contributed by atoms with E-state index in [9.17, 15) is 0 Å². The van der Waals surface area contributed by atoms with E-state index >= 15 is 0 Å². The molecular formula is C40H27NO. The first-order valence-corrected chi connectivity index (χ1v) is 14.3. The summed E-state index contributed by atoms with van der Waals surface area (Å²) in [4.78, 5) is 2.29. The molecule has 0 saturated carbocycles. The molecule has 1 aromatic heterocycles. The van der Waals surface area contributed by atoms with Crippen LogP contribution in [0.5, 0.6) is 0 Å². The normalized spacial score (nSPS) is 11.3.